The molecule has 0 aliphatic rings. The maximum atomic E-state index is 2.44. The first kappa shape index (κ1) is 25.0. The van der Waals surface area contributed by atoms with Gasteiger partial charge in [-0.3, -0.25) is 0 Å². The van der Waals surface area contributed by atoms with Gasteiger partial charge >= 0.3 is 0 Å². The standard InChI is InChI=1S/C35H40/c1-5-26-9-13-28(14-10-26)22-34-19-17-30(24-32(34)7-3)21-31-18-20-35(33(8-4)25-31)23-29-15-11-27(6-2)12-16-29/h9-20,24-25H,5-8,21-23H2,1-4H3. The van der Waals surface area contributed by atoms with E-state index in [9.17, 15) is 0 Å². The Hall–Kier alpha value is -3.12. The van der Waals surface area contributed by atoms with E-state index in [2.05, 4.69) is 113 Å². The van der Waals surface area contributed by atoms with Crippen LogP contribution in [0.3, 0.4) is 0 Å². The second-order valence-electron chi connectivity index (χ2n) is 9.78. The molecule has 0 bridgehead atoms. The zero-order valence-electron chi connectivity index (χ0n) is 22.0. The Kier molecular flexibility index (Phi) is 8.59. The average Bonchev–Trinajstić information content (AvgIpc) is 2.91. The Bertz CT molecular complexity index is 1130. The van der Waals surface area contributed by atoms with Crippen molar-refractivity contribution in [1.29, 1.82) is 0 Å². The number of hydrogen-bond donors (Lipinski definition) is 0. The summed E-state index contributed by atoms with van der Waals surface area (Å²) in [5, 5.41) is 0. The Labute approximate surface area is 213 Å². The van der Waals surface area contributed by atoms with Gasteiger partial charge in [-0.2, -0.15) is 0 Å². The molecule has 0 aliphatic heterocycles. The van der Waals surface area contributed by atoms with E-state index in [1.54, 1.807) is 0 Å². The minimum absolute atomic E-state index is 0.997. The van der Waals surface area contributed by atoms with Crippen molar-refractivity contribution in [3.8, 4) is 0 Å². The fraction of sp³-hybridized carbons (Fsp3) is 0.314. The highest BCUT2D eigenvalue weighted by Crippen LogP contribution is 2.23. The molecule has 4 aromatic carbocycles. The van der Waals surface area contributed by atoms with Crippen molar-refractivity contribution in [3.05, 3.63) is 141 Å². The van der Waals surface area contributed by atoms with Gasteiger partial charge in [0, 0.05) is 0 Å². The third kappa shape index (κ3) is 6.51. The minimum atomic E-state index is 0.997. The van der Waals surface area contributed by atoms with Gasteiger partial charge in [-0.1, -0.05) is 113 Å². The smallest absolute Gasteiger partial charge is 0.00230 e. The molecule has 0 radical (unpaired) electrons. The van der Waals surface area contributed by atoms with Gasteiger partial charge in [-0.25, -0.2) is 0 Å². The van der Waals surface area contributed by atoms with Crippen molar-refractivity contribution in [2.75, 3.05) is 0 Å². The van der Waals surface area contributed by atoms with Gasteiger partial charge in [0.1, 0.15) is 0 Å². The molecule has 0 fully saturated rings. The lowest BCUT2D eigenvalue weighted by Crippen LogP contribution is -2.00. The molecule has 0 heteroatoms. The van der Waals surface area contributed by atoms with E-state index in [0.717, 1.165) is 44.9 Å². The van der Waals surface area contributed by atoms with Crippen LogP contribution in [0.5, 0.6) is 0 Å². The van der Waals surface area contributed by atoms with E-state index >= 15 is 0 Å². The average molecular weight is 461 g/mol. The summed E-state index contributed by atoms with van der Waals surface area (Å²) in [6.07, 6.45) is 7.38. The number of hydrogen-bond acceptors (Lipinski definition) is 0. The molecule has 180 valence electrons. The van der Waals surface area contributed by atoms with Crippen LogP contribution in [0, 0.1) is 0 Å². The first-order valence-electron chi connectivity index (χ1n) is 13.5. The highest BCUT2D eigenvalue weighted by atomic mass is 14.1. The molecule has 0 saturated heterocycles. The second kappa shape index (κ2) is 12.0. The maximum absolute atomic E-state index is 2.44. The highest BCUT2D eigenvalue weighted by Gasteiger charge is 2.08. The summed E-state index contributed by atoms with van der Waals surface area (Å²) >= 11 is 0. The monoisotopic (exact) mass is 460 g/mol. The molecule has 0 heterocycles. The normalized spacial score (nSPS) is 11.1. The molecule has 0 atom stereocenters. The molecule has 0 aromatic heterocycles. The lowest BCUT2D eigenvalue weighted by Gasteiger charge is -2.14. The van der Waals surface area contributed by atoms with Crippen molar-refractivity contribution in [1.82, 2.24) is 0 Å². The fourth-order valence-corrected chi connectivity index (χ4v) is 5.04. The van der Waals surface area contributed by atoms with E-state index in [4.69, 9.17) is 0 Å². The molecular weight excluding hydrogens is 420 g/mol. The van der Waals surface area contributed by atoms with Gasteiger partial charge in [0.2, 0.25) is 0 Å². The fourth-order valence-electron chi connectivity index (χ4n) is 5.04. The molecule has 4 rings (SSSR count). The molecular formula is C35H40. The Morgan fingerprint density at radius 3 is 1.00 bits per heavy atom. The van der Waals surface area contributed by atoms with Crippen LogP contribution in [0.25, 0.3) is 0 Å². The van der Waals surface area contributed by atoms with Gasteiger partial charge in [0.15, 0.2) is 0 Å². The maximum Gasteiger partial charge on any atom is -0.00230 e. The zero-order valence-corrected chi connectivity index (χ0v) is 22.0. The summed E-state index contributed by atoms with van der Waals surface area (Å²) in [5.41, 5.74) is 14.3. The van der Waals surface area contributed by atoms with Crippen LogP contribution < -0.4 is 0 Å². The Morgan fingerprint density at radius 2 is 0.657 bits per heavy atom. The van der Waals surface area contributed by atoms with Gasteiger partial charge in [-0.15, -0.1) is 0 Å². The molecule has 0 aliphatic carbocycles. The zero-order chi connectivity index (χ0) is 24.6. The molecule has 0 saturated carbocycles. The first-order valence-corrected chi connectivity index (χ1v) is 13.5. The Balaban J connectivity index is 1.48. The van der Waals surface area contributed by atoms with Gasteiger partial charge in [-0.05, 0) is 101 Å². The number of benzene rings is 4. The van der Waals surface area contributed by atoms with Crippen molar-refractivity contribution < 1.29 is 0 Å². The molecule has 0 nitrogen and oxygen atoms in total. The summed E-state index contributed by atoms with van der Waals surface area (Å²) in [5.74, 6) is 0. The Morgan fingerprint density at radius 1 is 0.314 bits per heavy atom. The van der Waals surface area contributed by atoms with Gasteiger partial charge < -0.3 is 0 Å². The first-order chi connectivity index (χ1) is 17.1. The summed E-state index contributed by atoms with van der Waals surface area (Å²) in [7, 11) is 0. The summed E-state index contributed by atoms with van der Waals surface area (Å²) in [6, 6.07) is 32.5. The van der Waals surface area contributed by atoms with E-state index in [-0.39, 0.29) is 0 Å². The van der Waals surface area contributed by atoms with E-state index in [1.807, 2.05) is 0 Å². The third-order valence-electron chi connectivity index (χ3n) is 7.36. The summed E-state index contributed by atoms with van der Waals surface area (Å²) in [6.45, 7) is 8.98. The van der Waals surface area contributed by atoms with E-state index in [0.29, 0.717) is 0 Å². The minimum Gasteiger partial charge on any atom is -0.0613 e. The van der Waals surface area contributed by atoms with Crippen LogP contribution in [0.1, 0.15) is 83.3 Å². The molecule has 0 unspecified atom stereocenters. The predicted molar refractivity (Wildman–Crippen MR) is 152 cm³/mol. The molecule has 35 heavy (non-hydrogen) atoms. The third-order valence-corrected chi connectivity index (χ3v) is 7.36. The lowest BCUT2D eigenvalue weighted by atomic mass is 9.91. The molecule has 4 aromatic rings. The molecule has 0 N–H and O–H groups in total. The summed E-state index contributed by atoms with van der Waals surface area (Å²) in [4.78, 5) is 0. The largest absolute Gasteiger partial charge is 0.0613 e. The second-order valence-corrected chi connectivity index (χ2v) is 9.78. The molecule has 0 amide bonds. The van der Waals surface area contributed by atoms with Crippen molar-refractivity contribution in [3.63, 3.8) is 0 Å². The SMILES string of the molecule is CCc1ccc(Cc2ccc(Cc3ccc(Cc4ccc(CC)cc4)c(CC)c3)cc2CC)cc1. The quantitative estimate of drug-likeness (QED) is 0.222. The van der Waals surface area contributed by atoms with Crippen molar-refractivity contribution in [2.24, 2.45) is 0 Å². The molecule has 0 spiro atoms. The van der Waals surface area contributed by atoms with Crippen LogP contribution in [-0.4, -0.2) is 0 Å². The topological polar surface area (TPSA) is 0 Å². The van der Waals surface area contributed by atoms with Crippen LogP contribution in [0.15, 0.2) is 84.9 Å². The summed E-state index contributed by atoms with van der Waals surface area (Å²) < 4.78 is 0. The van der Waals surface area contributed by atoms with E-state index < -0.39 is 0 Å². The van der Waals surface area contributed by atoms with E-state index in [1.165, 1.54) is 55.6 Å². The van der Waals surface area contributed by atoms with Gasteiger partial charge in [0.05, 0.1) is 0 Å². The van der Waals surface area contributed by atoms with Crippen molar-refractivity contribution in [2.45, 2.75) is 72.6 Å². The number of aryl methyl sites for hydroxylation is 4. The lowest BCUT2D eigenvalue weighted by molar-refractivity contribution is 1.02. The number of rotatable bonds is 10. The predicted octanol–water partition coefficient (Wildman–Crippen LogP) is 8.71. The van der Waals surface area contributed by atoms with Crippen LogP contribution in [0.2, 0.25) is 0 Å². The van der Waals surface area contributed by atoms with Crippen LogP contribution in [0.4, 0.5) is 0 Å². The van der Waals surface area contributed by atoms with Crippen LogP contribution in [-0.2, 0) is 44.9 Å². The van der Waals surface area contributed by atoms with Crippen LogP contribution >= 0.6 is 0 Å². The van der Waals surface area contributed by atoms with Crippen molar-refractivity contribution >= 4 is 0 Å². The van der Waals surface area contributed by atoms with Gasteiger partial charge in [0.25, 0.3) is 0 Å². The highest BCUT2D eigenvalue weighted by molar-refractivity contribution is 5.41.